The van der Waals surface area contributed by atoms with Crippen LogP contribution in [0.25, 0.3) is 11.1 Å². The largest absolute Gasteiger partial charge is 0.508 e. The van der Waals surface area contributed by atoms with E-state index in [2.05, 4.69) is 26.6 Å². The van der Waals surface area contributed by atoms with Gasteiger partial charge in [0.2, 0.25) is 41.6 Å². The van der Waals surface area contributed by atoms with Crippen molar-refractivity contribution in [1.82, 2.24) is 31.5 Å². The van der Waals surface area contributed by atoms with Crippen LogP contribution >= 0.6 is 23.2 Å². The average Bonchev–Trinajstić information content (AvgIpc) is 0.746. The van der Waals surface area contributed by atoms with Gasteiger partial charge in [0.05, 0.1) is 21.9 Å². The van der Waals surface area contributed by atoms with Crippen molar-refractivity contribution in [2.45, 2.75) is 210 Å². The smallest absolute Gasteiger partial charge is 0.410 e. The van der Waals surface area contributed by atoms with E-state index in [1.807, 2.05) is 0 Å². The number of aromatic hydroxyl groups is 3. The van der Waals surface area contributed by atoms with Crippen LogP contribution < -0.4 is 46.5 Å². The number of ketones is 3. The molecule has 5 unspecified atom stereocenters. The van der Waals surface area contributed by atoms with Gasteiger partial charge in [-0.15, -0.1) is 0 Å². The summed E-state index contributed by atoms with van der Waals surface area (Å²) in [5, 5.41) is 108. The second kappa shape index (κ2) is 33.8. The first-order valence-corrected chi connectivity index (χ1v) is 39.1. The van der Waals surface area contributed by atoms with Gasteiger partial charge in [-0.2, -0.15) is 0 Å². The Morgan fingerprint density at radius 3 is 1.83 bits per heavy atom. The number of likely N-dealkylation sites (N-methyl/N-ethyl adjacent to an activating group) is 1. The lowest BCUT2D eigenvalue weighted by Gasteiger charge is -2.54. The molecule has 33 heteroatoms. The van der Waals surface area contributed by atoms with Gasteiger partial charge in [-0.1, -0.05) is 55.2 Å². The second-order valence-electron chi connectivity index (χ2n) is 33.7. The SMILES string of the molecule is CC(C)C[C@H](C(=O)N[C@H]1C(=O)C[C@@H](CC(N)=O)C(=O)N[C@H]2C(=O)C[C@H]3C(=O)N[C@@H](C(=O)N[C@H](C(=O)CC4C5CC6CC(C5)CC4C6)c4cc(O)cc(O)c4-c4cc3ccc4O)[C@H](O)c3ccc(c(Cl)c3)Oc3cc2cc(c3OC2OC(CNC(=O)OC(C)(C)C)C(O)C(O)C2O)Oc2ccc(cc2Cl)[C@H]1O)N(C)C(=O)OC(C)(C)C. The topological polar surface area (TPSA) is 477 Å². The van der Waals surface area contributed by atoms with E-state index in [0.29, 0.717) is 11.8 Å². The zero-order chi connectivity index (χ0) is 83.5. The molecule has 6 heterocycles. The van der Waals surface area contributed by atoms with Crippen LogP contribution in [0.1, 0.15) is 178 Å². The number of primary amides is 1. The molecule has 15 N–H and O–H groups in total. The van der Waals surface area contributed by atoms with E-state index >= 15 is 28.8 Å². The predicted molar refractivity (Wildman–Crippen MR) is 410 cm³/mol. The molecule has 5 fully saturated rings. The van der Waals surface area contributed by atoms with E-state index in [0.717, 1.165) is 79.5 Å². The number of carbonyl (C=O) groups excluding carboxylic acids is 10. The van der Waals surface area contributed by atoms with Crippen LogP contribution in [-0.4, -0.2) is 178 Å². The average molecular weight is 1640 g/mol. The van der Waals surface area contributed by atoms with Gasteiger partial charge in [0, 0.05) is 56.5 Å². The van der Waals surface area contributed by atoms with Gasteiger partial charge >= 0.3 is 12.2 Å². The van der Waals surface area contributed by atoms with Gasteiger partial charge < -0.3 is 102 Å². The number of ether oxygens (including phenoxy) is 6. The molecule has 10 aliphatic rings. The molecule has 1 saturated heterocycles. The van der Waals surface area contributed by atoms with Crippen molar-refractivity contribution in [3.05, 3.63) is 117 Å². The first-order chi connectivity index (χ1) is 54.1. The third-order valence-corrected chi connectivity index (χ3v) is 23.0. The molecule has 5 aromatic rings. The highest BCUT2D eigenvalue weighted by molar-refractivity contribution is 6.32. The number of rotatable bonds is 14. The Morgan fingerprint density at radius 2 is 1.24 bits per heavy atom. The summed E-state index contributed by atoms with van der Waals surface area (Å²) < 4.78 is 37.0. The quantitative estimate of drug-likeness (QED) is 0.0501. The van der Waals surface area contributed by atoms with Crippen molar-refractivity contribution in [2.24, 2.45) is 47.2 Å². The molecule has 15 bridgehead atoms. The lowest BCUT2D eigenvalue weighted by molar-refractivity contribution is -0.270. The molecule has 0 radical (unpaired) electrons. The van der Waals surface area contributed by atoms with Crippen LogP contribution in [0.3, 0.4) is 0 Å². The second-order valence-corrected chi connectivity index (χ2v) is 34.5. The normalized spacial score (nSPS) is 28.3. The van der Waals surface area contributed by atoms with E-state index in [-0.39, 0.29) is 97.0 Å². The Morgan fingerprint density at radius 1 is 0.643 bits per heavy atom. The van der Waals surface area contributed by atoms with Gasteiger partial charge in [-0.05, 0) is 198 Å². The van der Waals surface area contributed by atoms with Gasteiger partial charge in [0.25, 0.3) is 0 Å². The zero-order valence-corrected chi connectivity index (χ0v) is 66.2. The van der Waals surface area contributed by atoms with E-state index in [1.165, 1.54) is 43.4 Å². The maximum Gasteiger partial charge on any atom is 0.410 e. The zero-order valence-electron chi connectivity index (χ0n) is 64.7. The number of aliphatic hydroxyl groups is 5. The number of phenols is 3. The van der Waals surface area contributed by atoms with Gasteiger partial charge in [-0.3, -0.25) is 43.3 Å². The summed E-state index contributed by atoms with van der Waals surface area (Å²) in [6.45, 7) is 12.5. The molecule has 6 aliphatic heterocycles. The first kappa shape index (κ1) is 84.5. The fourth-order valence-corrected chi connectivity index (χ4v) is 17.5. The Balaban J connectivity index is 1.04. The van der Waals surface area contributed by atoms with Crippen LogP contribution in [-0.2, 0) is 52.6 Å². The molecule has 618 valence electrons. The Labute approximate surface area is 672 Å². The molecule has 15 rings (SSSR count). The lowest BCUT2D eigenvalue weighted by Crippen LogP contribution is -2.61. The number of nitrogens with one attached hydrogen (secondary N) is 5. The predicted octanol–water partition coefficient (Wildman–Crippen LogP) is 7.97. The summed E-state index contributed by atoms with van der Waals surface area (Å²) in [5.41, 5.74) is 2.13. The minimum Gasteiger partial charge on any atom is -0.508 e. The number of halogens is 2. The van der Waals surface area contributed by atoms with E-state index in [1.54, 1.807) is 55.4 Å². The molecule has 14 atom stereocenters. The maximum absolute atomic E-state index is 16.4. The Bertz CT molecular complexity index is 4630. The summed E-state index contributed by atoms with van der Waals surface area (Å²) in [6.07, 6.45) is -14.6. The fourth-order valence-electron chi connectivity index (χ4n) is 17.1. The first-order valence-electron chi connectivity index (χ1n) is 38.3. The van der Waals surface area contributed by atoms with Crippen molar-refractivity contribution in [3.8, 4) is 57.1 Å². The number of Topliss-reactive ketones (excluding diaryl/α,β-unsaturated/α-hetero) is 3. The molecule has 115 heavy (non-hydrogen) atoms. The number of phenolic OH excluding ortho intramolecular Hbond substituents is 3. The highest BCUT2D eigenvalue weighted by Crippen LogP contribution is 2.58. The number of hydrogen-bond acceptors (Lipinski definition) is 24. The van der Waals surface area contributed by atoms with Gasteiger partial charge in [0.15, 0.2) is 28.8 Å². The van der Waals surface area contributed by atoms with E-state index < -0.39 is 216 Å². The van der Waals surface area contributed by atoms with Crippen LogP contribution in [0.4, 0.5) is 9.59 Å². The summed E-state index contributed by atoms with van der Waals surface area (Å²) >= 11 is 14.3. The number of benzene rings is 5. The fraction of sp³-hybridized carbons (Fsp3) is 0.512. The summed E-state index contributed by atoms with van der Waals surface area (Å²) in [4.78, 5) is 151. The maximum atomic E-state index is 16.4. The molecule has 5 aromatic carbocycles. The summed E-state index contributed by atoms with van der Waals surface area (Å²) in [5.74, 6) is -16.0. The van der Waals surface area contributed by atoms with Crippen LogP contribution in [0.5, 0.6) is 46.0 Å². The van der Waals surface area contributed by atoms with Crippen LogP contribution in [0.15, 0.2) is 78.9 Å². The number of hydrogen-bond donors (Lipinski definition) is 14. The van der Waals surface area contributed by atoms with Crippen molar-refractivity contribution in [3.63, 3.8) is 0 Å². The van der Waals surface area contributed by atoms with E-state index in [9.17, 15) is 60.0 Å². The number of amides is 7. The molecule has 4 saturated carbocycles. The van der Waals surface area contributed by atoms with Gasteiger partial charge in [-0.25, -0.2) is 9.59 Å². The number of aliphatic hydroxyl groups excluding tert-OH is 5. The molecule has 0 spiro atoms. The molecule has 7 amide bonds. The number of nitrogens with two attached hydrogens (primary N) is 1. The summed E-state index contributed by atoms with van der Waals surface area (Å²) in [6, 6.07) is 5.35. The highest BCUT2D eigenvalue weighted by Gasteiger charge is 2.51. The number of fused-ring (bicyclic) bond motifs is 15. The number of alkyl carbamates (subject to hydrolysis) is 1. The third kappa shape index (κ3) is 18.8. The minimum absolute atomic E-state index is 0.0298. The molecular formula is C82H97Cl2N7O24. The van der Waals surface area contributed by atoms with Crippen LogP contribution in [0.2, 0.25) is 10.0 Å². The molecule has 31 nitrogen and oxygen atoms in total. The number of nitrogens with zero attached hydrogens (tertiary/aromatic N) is 1. The molecule has 4 aliphatic carbocycles. The van der Waals surface area contributed by atoms with Crippen LogP contribution in [0, 0.1) is 41.4 Å². The lowest BCUT2D eigenvalue weighted by atomic mass is 9.51. The van der Waals surface area contributed by atoms with Crippen molar-refractivity contribution in [2.75, 3.05) is 13.6 Å². The Hall–Kier alpha value is -9.86. The van der Waals surface area contributed by atoms with Crippen molar-refractivity contribution in [1.29, 1.82) is 0 Å². The monoisotopic (exact) mass is 1630 g/mol. The summed E-state index contributed by atoms with van der Waals surface area (Å²) in [7, 11) is 1.29. The minimum atomic E-state index is -2.21. The van der Waals surface area contributed by atoms with Crippen molar-refractivity contribution < 1.29 is 117 Å². The third-order valence-electron chi connectivity index (χ3n) is 22.4. The Kier molecular flexibility index (Phi) is 24.8. The molecule has 0 aromatic heterocycles. The standard InChI is InChI=1S/C82H97Cl2N7O24/c1-34(2)16-51(91(9)80(109)115-82(6,7)8)76(106)89-66-54(95)25-43(28-62(85)98)74(104)87-64-42-26-59(110-57-14-11-38(68(66)99)23-49(57)83)73(113-78-72(103)71(102)70(101)61(112-78)33-86-79(108)114-81(3,4)5)60(27-42)111-58-15-12-39(24-50(58)84)69(100)67-77(107)88-65(56(97)31-45-40-18-35-17-36(20-40)21-41(45)19-35)48-29-44(92)30-53(94)63(48)47-22-37(10-13-52(47)93)46(32-55(64)96)75(105)90-67/h10-15,22-24,26-27,29-30,34-36,40-41,43,45-46,51,61,64-72,78,92-94,99-103H,16-21,25,28,31-33H2,1-9H3,(H2,85,98)(H,86,108)(H,87,104)(H,88,107)(H,89,106)(H,90,105)/t35?,36?,40?,41?,43-,45?,46+,51+,61?,64+,65-,66-,67+,68+,69+,70?,71?,72?,78?/m0/s1. The molecular weight excluding hydrogens is 1540 g/mol. The van der Waals surface area contributed by atoms with Crippen molar-refractivity contribution >= 4 is 82.3 Å². The highest BCUT2D eigenvalue weighted by atomic mass is 35.5. The van der Waals surface area contributed by atoms with E-state index in [4.69, 9.17) is 57.4 Å². The number of carbonyl (C=O) groups is 10. The van der Waals surface area contributed by atoms with Gasteiger partial charge in [0.1, 0.15) is 107 Å².